The van der Waals surface area contributed by atoms with Gasteiger partial charge in [0, 0.05) is 24.3 Å². The maximum Gasteiger partial charge on any atom is 0.339 e. The van der Waals surface area contributed by atoms with Crippen LogP contribution in [0.1, 0.15) is 35.2 Å². The zero-order valence-electron chi connectivity index (χ0n) is 17.3. The Bertz CT molecular complexity index is 1030. The Morgan fingerprint density at radius 1 is 1.17 bits per heavy atom. The van der Waals surface area contributed by atoms with Gasteiger partial charge in [-0.05, 0) is 61.3 Å². The van der Waals surface area contributed by atoms with Crippen molar-refractivity contribution in [3.05, 3.63) is 71.8 Å². The number of carboxylic acid groups (broad SMARTS) is 1. The standard InChI is InChI=1S/C25H28N2O3/c1-27-15-5-9-21(27)13-14-26-20-11-12-23(25(28)29)24(16-20)30-17-19-8-4-7-18-6-2-3-10-22(18)19/h2-4,6-8,10-12,16,21,26H,5,9,13-15,17H2,1H3,(H,28,29). The Hall–Kier alpha value is -3.05. The molecule has 5 heteroatoms. The van der Waals surface area contributed by atoms with E-state index in [-0.39, 0.29) is 5.56 Å². The number of likely N-dealkylation sites (tertiary alicyclic amines) is 1. The van der Waals surface area contributed by atoms with Crippen molar-refractivity contribution in [2.24, 2.45) is 0 Å². The highest BCUT2D eigenvalue weighted by atomic mass is 16.5. The summed E-state index contributed by atoms with van der Waals surface area (Å²) in [7, 11) is 2.18. The van der Waals surface area contributed by atoms with Crippen molar-refractivity contribution >= 4 is 22.4 Å². The average Bonchev–Trinajstić information content (AvgIpc) is 3.17. The van der Waals surface area contributed by atoms with E-state index in [1.165, 1.54) is 19.4 Å². The Morgan fingerprint density at radius 2 is 2.00 bits per heavy atom. The summed E-state index contributed by atoms with van der Waals surface area (Å²) in [6.07, 6.45) is 3.58. The number of benzene rings is 3. The fourth-order valence-corrected chi connectivity index (χ4v) is 4.23. The molecule has 1 fully saturated rings. The predicted molar refractivity (Wildman–Crippen MR) is 120 cm³/mol. The van der Waals surface area contributed by atoms with Crippen LogP contribution in [0.5, 0.6) is 5.75 Å². The van der Waals surface area contributed by atoms with Gasteiger partial charge in [-0.15, -0.1) is 0 Å². The minimum atomic E-state index is -0.984. The van der Waals surface area contributed by atoms with E-state index >= 15 is 0 Å². The average molecular weight is 405 g/mol. The first-order chi connectivity index (χ1) is 14.6. The van der Waals surface area contributed by atoms with Crippen LogP contribution >= 0.6 is 0 Å². The highest BCUT2D eigenvalue weighted by molar-refractivity contribution is 5.91. The molecule has 3 aromatic rings. The van der Waals surface area contributed by atoms with Gasteiger partial charge in [0.1, 0.15) is 17.9 Å². The largest absolute Gasteiger partial charge is 0.488 e. The van der Waals surface area contributed by atoms with Crippen molar-refractivity contribution < 1.29 is 14.6 Å². The molecule has 2 N–H and O–H groups in total. The van der Waals surface area contributed by atoms with Crippen molar-refractivity contribution in [3.8, 4) is 5.75 Å². The Labute approximate surface area is 177 Å². The molecule has 0 aromatic heterocycles. The number of carbonyl (C=O) groups is 1. The molecule has 156 valence electrons. The number of carboxylic acids is 1. The van der Waals surface area contributed by atoms with E-state index in [0.29, 0.717) is 18.4 Å². The van der Waals surface area contributed by atoms with Gasteiger partial charge in [-0.3, -0.25) is 0 Å². The summed E-state index contributed by atoms with van der Waals surface area (Å²) < 4.78 is 6.00. The van der Waals surface area contributed by atoms with E-state index in [2.05, 4.69) is 35.5 Å². The summed E-state index contributed by atoms with van der Waals surface area (Å²) >= 11 is 0. The van der Waals surface area contributed by atoms with Crippen LogP contribution < -0.4 is 10.1 Å². The molecule has 0 saturated carbocycles. The van der Waals surface area contributed by atoms with Crippen molar-refractivity contribution in [3.63, 3.8) is 0 Å². The predicted octanol–water partition coefficient (Wildman–Crippen LogP) is 5.01. The second-order valence-corrected chi connectivity index (χ2v) is 7.94. The minimum absolute atomic E-state index is 0.177. The van der Waals surface area contributed by atoms with E-state index in [4.69, 9.17) is 4.74 Å². The number of hydrogen-bond donors (Lipinski definition) is 2. The number of hydrogen-bond acceptors (Lipinski definition) is 4. The second kappa shape index (κ2) is 9.18. The van der Waals surface area contributed by atoms with Crippen molar-refractivity contribution in [1.82, 2.24) is 4.90 Å². The van der Waals surface area contributed by atoms with Crippen LogP contribution in [0.15, 0.2) is 60.7 Å². The molecule has 1 atom stereocenters. The fourth-order valence-electron chi connectivity index (χ4n) is 4.23. The first-order valence-corrected chi connectivity index (χ1v) is 10.5. The molecule has 3 aromatic carbocycles. The monoisotopic (exact) mass is 404 g/mol. The maximum absolute atomic E-state index is 11.7. The minimum Gasteiger partial charge on any atom is -0.488 e. The molecule has 0 spiro atoms. The van der Waals surface area contributed by atoms with Crippen LogP contribution in [0.25, 0.3) is 10.8 Å². The Morgan fingerprint density at radius 3 is 2.80 bits per heavy atom. The van der Waals surface area contributed by atoms with Gasteiger partial charge in [0.15, 0.2) is 0 Å². The second-order valence-electron chi connectivity index (χ2n) is 7.94. The third-order valence-electron chi connectivity index (χ3n) is 5.95. The smallest absolute Gasteiger partial charge is 0.339 e. The van der Waals surface area contributed by atoms with Gasteiger partial charge in [0.25, 0.3) is 0 Å². The highest BCUT2D eigenvalue weighted by Crippen LogP contribution is 2.27. The third-order valence-corrected chi connectivity index (χ3v) is 5.95. The molecule has 5 nitrogen and oxygen atoms in total. The molecule has 1 heterocycles. The summed E-state index contributed by atoms with van der Waals surface area (Å²) in [5.74, 6) is -0.597. The molecule has 0 amide bonds. The first kappa shape index (κ1) is 20.2. The van der Waals surface area contributed by atoms with Crippen LogP contribution in [0, 0.1) is 0 Å². The molecule has 30 heavy (non-hydrogen) atoms. The summed E-state index contributed by atoms with van der Waals surface area (Å²) in [5, 5.41) is 15.3. The van der Waals surface area contributed by atoms with E-state index in [0.717, 1.165) is 35.0 Å². The van der Waals surface area contributed by atoms with Crippen LogP contribution in [0.2, 0.25) is 0 Å². The highest BCUT2D eigenvalue weighted by Gasteiger charge is 2.20. The van der Waals surface area contributed by atoms with Crippen molar-refractivity contribution in [2.45, 2.75) is 31.9 Å². The van der Waals surface area contributed by atoms with E-state index in [1.54, 1.807) is 12.1 Å². The number of ether oxygens (including phenoxy) is 1. The molecule has 0 bridgehead atoms. The number of aromatic carboxylic acids is 1. The molecular weight excluding hydrogens is 376 g/mol. The number of nitrogens with one attached hydrogen (secondary N) is 1. The molecule has 1 aliphatic heterocycles. The normalized spacial score (nSPS) is 16.6. The van der Waals surface area contributed by atoms with Crippen molar-refractivity contribution in [2.75, 3.05) is 25.5 Å². The summed E-state index contributed by atoms with van der Waals surface area (Å²) in [5.41, 5.74) is 2.09. The van der Waals surface area contributed by atoms with Gasteiger partial charge in [0.2, 0.25) is 0 Å². The summed E-state index contributed by atoms with van der Waals surface area (Å²) in [4.78, 5) is 14.1. The summed E-state index contributed by atoms with van der Waals surface area (Å²) in [6, 6.07) is 20.1. The molecule has 0 aliphatic carbocycles. The molecule has 0 radical (unpaired) electrons. The van der Waals surface area contributed by atoms with Crippen molar-refractivity contribution in [1.29, 1.82) is 0 Å². The fraction of sp³-hybridized carbons (Fsp3) is 0.320. The maximum atomic E-state index is 11.7. The number of nitrogens with zero attached hydrogens (tertiary/aromatic N) is 1. The van der Waals surface area contributed by atoms with Crippen LogP contribution in [0.3, 0.4) is 0 Å². The van der Waals surface area contributed by atoms with Gasteiger partial charge in [-0.25, -0.2) is 4.79 Å². The van der Waals surface area contributed by atoms with Gasteiger partial charge < -0.3 is 20.1 Å². The Balaban J connectivity index is 1.46. The lowest BCUT2D eigenvalue weighted by Gasteiger charge is -2.20. The first-order valence-electron chi connectivity index (χ1n) is 10.5. The van der Waals surface area contributed by atoms with Gasteiger partial charge >= 0.3 is 5.97 Å². The topological polar surface area (TPSA) is 61.8 Å². The molecule has 4 rings (SSSR count). The third kappa shape index (κ3) is 4.57. The lowest BCUT2D eigenvalue weighted by atomic mass is 10.1. The molecule has 1 saturated heterocycles. The quantitative estimate of drug-likeness (QED) is 0.552. The number of rotatable bonds is 8. The number of anilines is 1. The number of fused-ring (bicyclic) bond motifs is 1. The van der Waals surface area contributed by atoms with Crippen LogP contribution in [0.4, 0.5) is 5.69 Å². The molecule has 1 aliphatic rings. The van der Waals surface area contributed by atoms with E-state index < -0.39 is 5.97 Å². The zero-order valence-corrected chi connectivity index (χ0v) is 17.3. The Kier molecular flexibility index (Phi) is 6.19. The van der Waals surface area contributed by atoms with Gasteiger partial charge in [-0.1, -0.05) is 42.5 Å². The zero-order chi connectivity index (χ0) is 20.9. The van der Waals surface area contributed by atoms with E-state index in [9.17, 15) is 9.90 Å². The summed E-state index contributed by atoms with van der Waals surface area (Å²) in [6.45, 7) is 2.34. The van der Waals surface area contributed by atoms with Crippen LogP contribution in [-0.2, 0) is 6.61 Å². The van der Waals surface area contributed by atoms with Crippen LogP contribution in [-0.4, -0.2) is 42.2 Å². The SMILES string of the molecule is CN1CCCC1CCNc1ccc(C(=O)O)c(OCc2cccc3ccccc23)c1. The lowest BCUT2D eigenvalue weighted by Crippen LogP contribution is -2.26. The van der Waals surface area contributed by atoms with Gasteiger partial charge in [-0.2, -0.15) is 0 Å². The molecular formula is C25H28N2O3. The molecule has 1 unspecified atom stereocenters. The van der Waals surface area contributed by atoms with Gasteiger partial charge in [0.05, 0.1) is 0 Å². The van der Waals surface area contributed by atoms with E-state index in [1.807, 2.05) is 30.3 Å². The lowest BCUT2D eigenvalue weighted by molar-refractivity contribution is 0.0692.